The second kappa shape index (κ2) is 4.93. The van der Waals surface area contributed by atoms with Gasteiger partial charge in [0.1, 0.15) is 23.0 Å². The highest BCUT2D eigenvalue weighted by Gasteiger charge is 2.16. The predicted molar refractivity (Wildman–Crippen MR) is 68.7 cm³/mol. The van der Waals surface area contributed by atoms with E-state index >= 15 is 0 Å². The van der Waals surface area contributed by atoms with Crippen LogP contribution in [0.4, 0.5) is 15.8 Å². The molecule has 98 valence electrons. The third-order valence-electron chi connectivity index (χ3n) is 2.68. The molecule has 2 aromatic rings. The molecular formula is C13H11FN2O3. The molecular weight excluding hydrogens is 251 g/mol. The third kappa shape index (κ3) is 2.62. The van der Waals surface area contributed by atoms with E-state index in [0.29, 0.717) is 17.1 Å². The summed E-state index contributed by atoms with van der Waals surface area (Å²) in [6.45, 7) is 1.63. The molecule has 0 aliphatic rings. The van der Waals surface area contributed by atoms with Gasteiger partial charge in [-0.15, -0.1) is 0 Å². The number of rotatable bonds is 3. The molecule has 0 amide bonds. The number of hydrogen-bond donors (Lipinski definition) is 1. The lowest BCUT2D eigenvalue weighted by molar-refractivity contribution is -0.383. The van der Waals surface area contributed by atoms with Crippen molar-refractivity contribution in [1.29, 1.82) is 0 Å². The summed E-state index contributed by atoms with van der Waals surface area (Å²) in [5.74, 6) is 0.458. The maximum Gasteiger partial charge on any atom is 0.292 e. The number of benzene rings is 2. The van der Waals surface area contributed by atoms with E-state index < -0.39 is 4.92 Å². The van der Waals surface area contributed by atoms with Gasteiger partial charge in [0.25, 0.3) is 5.69 Å². The van der Waals surface area contributed by atoms with E-state index in [1.165, 1.54) is 36.4 Å². The molecule has 0 atom stereocenters. The summed E-state index contributed by atoms with van der Waals surface area (Å²) in [6, 6.07) is 8.20. The largest absolute Gasteiger partial charge is 0.457 e. The molecule has 0 heterocycles. The SMILES string of the molecule is Cc1c(Oc2ccc(F)cc2)ccc([N+](=O)[O-])c1N. The van der Waals surface area contributed by atoms with Crippen molar-refractivity contribution in [3.05, 3.63) is 57.9 Å². The molecule has 0 bridgehead atoms. The minimum atomic E-state index is -0.552. The lowest BCUT2D eigenvalue weighted by Gasteiger charge is -2.10. The molecule has 6 heteroatoms. The molecule has 0 aromatic heterocycles. The molecule has 2 rings (SSSR count). The van der Waals surface area contributed by atoms with Crippen molar-refractivity contribution >= 4 is 11.4 Å². The summed E-state index contributed by atoms with van der Waals surface area (Å²) in [6.07, 6.45) is 0. The van der Waals surface area contributed by atoms with Crippen molar-refractivity contribution in [2.45, 2.75) is 6.92 Å². The Kier molecular flexibility index (Phi) is 3.33. The van der Waals surface area contributed by atoms with Gasteiger partial charge in [-0.05, 0) is 37.3 Å². The molecule has 2 aromatic carbocycles. The van der Waals surface area contributed by atoms with Gasteiger partial charge in [0.15, 0.2) is 0 Å². The summed E-state index contributed by atoms with van der Waals surface area (Å²) >= 11 is 0. The highest BCUT2D eigenvalue weighted by Crippen LogP contribution is 2.34. The van der Waals surface area contributed by atoms with Gasteiger partial charge >= 0.3 is 0 Å². The van der Waals surface area contributed by atoms with Crippen LogP contribution in [0.3, 0.4) is 0 Å². The van der Waals surface area contributed by atoms with Gasteiger partial charge in [0.05, 0.1) is 4.92 Å². The predicted octanol–water partition coefficient (Wildman–Crippen LogP) is 3.42. The fraction of sp³-hybridized carbons (Fsp3) is 0.0769. The van der Waals surface area contributed by atoms with E-state index in [1.54, 1.807) is 6.92 Å². The van der Waals surface area contributed by atoms with Gasteiger partial charge in [0.2, 0.25) is 0 Å². The minimum Gasteiger partial charge on any atom is -0.457 e. The number of ether oxygens (including phenoxy) is 1. The van der Waals surface area contributed by atoms with Crippen molar-refractivity contribution in [1.82, 2.24) is 0 Å². The van der Waals surface area contributed by atoms with E-state index in [0.717, 1.165) is 0 Å². The standard InChI is InChI=1S/C13H11FN2O3/c1-8-12(7-6-11(13(8)15)16(17)18)19-10-4-2-9(14)3-5-10/h2-7H,15H2,1H3. The number of hydrogen-bond acceptors (Lipinski definition) is 4. The van der Waals surface area contributed by atoms with Crippen molar-refractivity contribution in [2.24, 2.45) is 0 Å². The Morgan fingerprint density at radius 3 is 2.42 bits per heavy atom. The number of nitrogens with zero attached hydrogens (tertiary/aromatic N) is 1. The first-order valence-electron chi connectivity index (χ1n) is 5.46. The maximum absolute atomic E-state index is 12.8. The molecule has 0 saturated heterocycles. The molecule has 0 saturated carbocycles. The third-order valence-corrected chi connectivity index (χ3v) is 2.68. The Bertz CT molecular complexity index is 627. The second-order valence-corrected chi connectivity index (χ2v) is 3.93. The maximum atomic E-state index is 12.8. The summed E-state index contributed by atoms with van der Waals surface area (Å²) in [7, 11) is 0. The normalized spacial score (nSPS) is 10.2. The smallest absolute Gasteiger partial charge is 0.292 e. The van der Waals surface area contributed by atoms with E-state index in [4.69, 9.17) is 10.5 Å². The lowest BCUT2D eigenvalue weighted by Crippen LogP contribution is -1.99. The number of halogens is 1. The monoisotopic (exact) mass is 262 g/mol. The summed E-state index contributed by atoms with van der Waals surface area (Å²) in [4.78, 5) is 10.2. The van der Waals surface area contributed by atoms with Crippen LogP contribution in [0.5, 0.6) is 11.5 Å². The van der Waals surface area contributed by atoms with E-state index in [9.17, 15) is 14.5 Å². The molecule has 0 aliphatic heterocycles. The van der Waals surface area contributed by atoms with Crippen molar-refractivity contribution in [3.8, 4) is 11.5 Å². The molecule has 0 radical (unpaired) electrons. The quantitative estimate of drug-likeness (QED) is 0.522. The van der Waals surface area contributed by atoms with Gasteiger partial charge in [-0.3, -0.25) is 10.1 Å². The molecule has 0 unspecified atom stereocenters. The zero-order valence-corrected chi connectivity index (χ0v) is 10.1. The van der Waals surface area contributed by atoms with Gasteiger partial charge < -0.3 is 10.5 Å². The van der Waals surface area contributed by atoms with Crippen LogP contribution in [0.2, 0.25) is 0 Å². The van der Waals surface area contributed by atoms with Crippen LogP contribution in [-0.4, -0.2) is 4.92 Å². The van der Waals surface area contributed by atoms with Gasteiger partial charge in [-0.25, -0.2) is 4.39 Å². The Morgan fingerprint density at radius 1 is 1.21 bits per heavy atom. The number of nitrogen functional groups attached to an aromatic ring is 1. The first kappa shape index (κ1) is 12.8. The number of nitro benzene ring substituents is 1. The number of nitrogens with two attached hydrogens (primary N) is 1. The minimum absolute atomic E-state index is 0.0598. The molecule has 19 heavy (non-hydrogen) atoms. The molecule has 2 N–H and O–H groups in total. The van der Waals surface area contributed by atoms with Gasteiger partial charge in [-0.1, -0.05) is 0 Å². The molecule has 5 nitrogen and oxygen atoms in total. The Morgan fingerprint density at radius 2 is 1.84 bits per heavy atom. The van der Waals surface area contributed by atoms with Crippen LogP contribution >= 0.6 is 0 Å². The number of anilines is 1. The van der Waals surface area contributed by atoms with E-state index in [-0.39, 0.29) is 17.2 Å². The zero-order valence-electron chi connectivity index (χ0n) is 10.1. The summed E-state index contributed by atoms with van der Waals surface area (Å²) in [5.41, 5.74) is 6.05. The zero-order chi connectivity index (χ0) is 14.0. The first-order valence-corrected chi connectivity index (χ1v) is 5.46. The van der Waals surface area contributed by atoms with Crippen LogP contribution in [0, 0.1) is 22.9 Å². The first-order chi connectivity index (χ1) is 8.99. The Hall–Kier alpha value is -2.63. The molecule has 0 spiro atoms. The fourth-order valence-corrected chi connectivity index (χ4v) is 1.59. The Labute approximate surface area is 108 Å². The van der Waals surface area contributed by atoms with Crippen LogP contribution in [0.1, 0.15) is 5.56 Å². The van der Waals surface area contributed by atoms with Crippen LogP contribution < -0.4 is 10.5 Å². The van der Waals surface area contributed by atoms with E-state index in [1.807, 2.05) is 0 Å². The summed E-state index contributed by atoms with van der Waals surface area (Å²) in [5, 5.41) is 10.7. The van der Waals surface area contributed by atoms with Crippen LogP contribution in [0.15, 0.2) is 36.4 Å². The summed E-state index contributed by atoms with van der Waals surface area (Å²) < 4.78 is 18.3. The van der Waals surface area contributed by atoms with Crippen molar-refractivity contribution in [2.75, 3.05) is 5.73 Å². The van der Waals surface area contributed by atoms with Crippen LogP contribution in [-0.2, 0) is 0 Å². The fourth-order valence-electron chi connectivity index (χ4n) is 1.59. The highest BCUT2D eigenvalue weighted by molar-refractivity contribution is 5.67. The van der Waals surface area contributed by atoms with Crippen LogP contribution in [0.25, 0.3) is 0 Å². The van der Waals surface area contributed by atoms with Crippen molar-refractivity contribution < 1.29 is 14.1 Å². The average Bonchev–Trinajstić information content (AvgIpc) is 2.37. The van der Waals surface area contributed by atoms with Gasteiger partial charge in [-0.2, -0.15) is 0 Å². The highest BCUT2D eigenvalue weighted by atomic mass is 19.1. The molecule has 0 fully saturated rings. The second-order valence-electron chi connectivity index (χ2n) is 3.93. The van der Waals surface area contributed by atoms with Crippen molar-refractivity contribution in [3.63, 3.8) is 0 Å². The Balaban J connectivity index is 2.34. The van der Waals surface area contributed by atoms with E-state index in [2.05, 4.69) is 0 Å². The molecule has 0 aliphatic carbocycles. The number of nitro groups is 1. The topological polar surface area (TPSA) is 78.4 Å². The van der Waals surface area contributed by atoms with Gasteiger partial charge in [0, 0.05) is 11.6 Å². The lowest BCUT2D eigenvalue weighted by atomic mass is 10.1. The average molecular weight is 262 g/mol.